The second-order valence-corrected chi connectivity index (χ2v) is 7.56. The lowest BCUT2D eigenvalue weighted by molar-refractivity contribution is 0.0936. The number of nitrogens with one attached hydrogen (secondary N) is 1. The van der Waals surface area contributed by atoms with Crippen LogP contribution in [0.3, 0.4) is 0 Å². The fraction of sp³-hybridized carbons (Fsp3) is 0.364. The van der Waals surface area contributed by atoms with Crippen molar-refractivity contribution in [1.29, 1.82) is 0 Å². The molecule has 156 valence electrons. The molecule has 0 radical (unpaired) electrons. The number of carbonyl (C=O) groups is 1. The van der Waals surface area contributed by atoms with Gasteiger partial charge in [-0.2, -0.15) is 4.68 Å². The number of carbonyl (C=O) groups excluding carboxylic acids is 1. The van der Waals surface area contributed by atoms with Crippen molar-refractivity contribution in [3.8, 4) is 11.4 Å². The molecule has 0 atom stereocenters. The number of methoxy groups -OCH3 is 1. The van der Waals surface area contributed by atoms with Gasteiger partial charge in [0.2, 0.25) is 0 Å². The molecule has 1 aliphatic carbocycles. The number of hydrogen-bond donors (Lipinski definition) is 1. The fourth-order valence-corrected chi connectivity index (χ4v) is 4.14. The second kappa shape index (κ2) is 8.52. The Morgan fingerprint density at radius 3 is 2.43 bits per heavy atom. The highest BCUT2D eigenvalue weighted by atomic mass is 16.5. The molecule has 8 heteroatoms. The molecular formula is C22H26N6O2. The van der Waals surface area contributed by atoms with Gasteiger partial charge in [0.1, 0.15) is 11.3 Å². The lowest BCUT2D eigenvalue weighted by Gasteiger charge is -2.43. The zero-order valence-corrected chi connectivity index (χ0v) is 17.3. The molecule has 3 aromatic rings. The summed E-state index contributed by atoms with van der Waals surface area (Å²) in [5.74, 6) is 1.44. The van der Waals surface area contributed by atoms with Gasteiger partial charge in [0, 0.05) is 12.7 Å². The highest BCUT2D eigenvalue weighted by Gasteiger charge is 2.45. The van der Waals surface area contributed by atoms with Crippen molar-refractivity contribution >= 4 is 11.7 Å². The average Bonchev–Trinajstić information content (AvgIpc) is 3.30. The van der Waals surface area contributed by atoms with Crippen molar-refractivity contribution in [1.82, 2.24) is 25.1 Å². The Morgan fingerprint density at radius 1 is 1.07 bits per heavy atom. The molecule has 8 nitrogen and oxygen atoms in total. The van der Waals surface area contributed by atoms with Crippen molar-refractivity contribution in [2.24, 2.45) is 0 Å². The van der Waals surface area contributed by atoms with Gasteiger partial charge in [-0.15, -0.1) is 5.10 Å². The molecule has 1 fully saturated rings. The molecule has 1 aromatic heterocycles. The monoisotopic (exact) mass is 406 g/mol. The normalized spacial score (nSPS) is 15.4. The number of rotatable bonds is 5. The van der Waals surface area contributed by atoms with Gasteiger partial charge in [0.25, 0.3) is 0 Å². The van der Waals surface area contributed by atoms with Crippen LogP contribution >= 0.6 is 0 Å². The third-order valence-electron chi connectivity index (χ3n) is 5.86. The Bertz CT molecular complexity index is 980. The van der Waals surface area contributed by atoms with E-state index in [1.165, 1.54) is 0 Å². The van der Waals surface area contributed by atoms with E-state index in [9.17, 15) is 4.79 Å². The molecule has 2 aromatic carbocycles. The first-order chi connectivity index (χ1) is 14.6. The molecule has 4 rings (SSSR count). The first-order valence-corrected chi connectivity index (χ1v) is 10.2. The number of para-hydroxylation sites is 1. The highest BCUT2D eigenvalue weighted by molar-refractivity contribution is 5.89. The summed E-state index contributed by atoms with van der Waals surface area (Å²) in [6, 6.07) is 16.9. The second-order valence-electron chi connectivity index (χ2n) is 7.56. The standard InChI is InChI=1S/C22H26N6O2/c1-27(21(29)23-17-9-5-3-6-10-17)22(15-7-4-8-16-22)20-24-25-26-28(20)18-11-13-19(30-2)14-12-18/h3,5-6,9-14H,4,7-8,15-16H2,1-2H3,(H,23,29). The number of benzene rings is 2. The quantitative estimate of drug-likeness (QED) is 0.692. The van der Waals surface area contributed by atoms with Gasteiger partial charge >= 0.3 is 6.03 Å². The molecule has 1 saturated carbocycles. The summed E-state index contributed by atoms with van der Waals surface area (Å²) in [5.41, 5.74) is 1.01. The Hall–Kier alpha value is -3.42. The Morgan fingerprint density at radius 2 is 1.77 bits per heavy atom. The van der Waals surface area contributed by atoms with E-state index < -0.39 is 5.54 Å². The van der Waals surface area contributed by atoms with Crippen LogP contribution in [0, 0.1) is 0 Å². The molecule has 0 bridgehead atoms. The third-order valence-corrected chi connectivity index (χ3v) is 5.86. The molecule has 1 aliphatic rings. The maximum Gasteiger partial charge on any atom is 0.322 e. The van der Waals surface area contributed by atoms with E-state index >= 15 is 0 Å². The number of ether oxygens (including phenoxy) is 1. The smallest absolute Gasteiger partial charge is 0.322 e. The minimum absolute atomic E-state index is 0.174. The summed E-state index contributed by atoms with van der Waals surface area (Å²) < 4.78 is 6.99. The van der Waals surface area contributed by atoms with Gasteiger partial charge in [-0.25, -0.2) is 4.79 Å². The van der Waals surface area contributed by atoms with Crippen LogP contribution in [0.4, 0.5) is 10.5 Å². The lowest BCUT2D eigenvalue weighted by atomic mass is 9.79. The average molecular weight is 406 g/mol. The van der Waals surface area contributed by atoms with Crippen LogP contribution in [-0.4, -0.2) is 45.3 Å². The summed E-state index contributed by atoms with van der Waals surface area (Å²) in [6.45, 7) is 0. The number of urea groups is 1. The first-order valence-electron chi connectivity index (χ1n) is 10.2. The number of hydrogen-bond acceptors (Lipinski definition) is 5. The van der Waals surface area contributed by atoms with E-state index in [1.54, 1.807) is 16.7 Å². The summed E-state index contributed by atoms with van der Waals surface area (Å²) in [7, 11) is 3.46. The van der Waals surface area contributed by atoms with E-state index in [-0.39, 0.29) is 6.03 Å². The minimum atomic E-state index is -0.583. The molecule has 0 unspecified atom stereocenters. The molecule has 0 saturated heterocycles. The maximum absolute atomic E-state index is 13.2. The van der Waals surface area contributed by atoms with Crippen molar-refractivity contribution in [2.75, 3.05) is 19.5 Å². The predicted molar refractivity (Wildman–Crippen MR) is 114 cm³/mol. The van der Waals surface area contributed by atoms with Crippen molar-refractivity contribution in [2.45, 2.75) is 37.6 Å². The van der Waals surface area contributed by atoms with Crippen LogP contribution in [0.25, 0.3) is 5.69 Å². The number of aromatic nitrogens is 4. The molecule has 0 spiro atoms. The summed E-state index contributed by atoms with van der Waals surface area (Å²) in [4.78, 5) is 14.9. The topological polar surface area (TPSA) is 85.2 Å². The largest absolute Gasteiger partial charge is 0.497 e. The number of tetrazole rings is 1. The number of anilines is 1. The van der Waals surface area contributed by atoms with Crippen LogP contribution in [-0.2, 0) is 5.54 Å². The zero-order valence-electron chi connectivity index (χ0n) is 17.3. The molecule has 1 N–H and O–H groups in total. The first kappa shape index (κ1) is 19.9. The molecule has 1 heterocycles. The lowest BCUT2D eigenvalue weighted by Crippen LogP contribution is -2.51. The van der Waals surface area contributed by atoms with Gasteiger partial charge in [-0.1, -0.05) is 37.5 Å². The maximum atomic E-state index is 13.2. The van der Waals surface area contributed by atoms with Crippen molar-refractivity contribution in [3.05, 3.63) is 60.4 Å². The predicted octanol–water partition coefficient (Wildman–Crippen LogP) is 3.99. The molecule has 0 aliphatic heterocycles. The van der Waals surface area contributed by atoms with E-state index in [4.69, 9.17) is 4.74 Å². The van der Waals surface area contributed by atoms with Gasteiger partial charge in [-0.05, 0) is 59.7 Å². The van der Waals surface area contributed by atoms with Crippen molar-refractivity contribution in [3.63, 3.8) is 0 Å². The van der Waals surface area contributed by atoms with E-state index in [0.29, 0.717) is 5.82 Å². The number of amides is 2. The van der Waals surface area contributed by atoms with Crippen LogP contribution in [0.5, 0.6) is 5.75 Å². The van der Waals surface area contributed by atoms with Gasteiger partial charge in [0.15, 0.2) is 5.82 Å². The SMILES string of the molecule is COc1ccc(-n2nnnc2C2(N(C)C(=O)Nc3ccccc3)CCCCC2)cc1. The van der Waals surface area contributed by atoms with Crippen LogP contribution < -0.4 is 10.1 Å². The fourth-order valence-electron chi connectivity index (χ4n) is 4.14. The Balaban J connectivity index is 1.69. The van der Waals surface area contributed by atoms with E-state index in [1.807, 2.05) is 61.6 Å². The van der Waals surface area contributed by atoms with Gasteiger partial charge in [0.05, 0.1) is 12.8 Å². The van der Waals surface area contributed by atoms with Crippen molar-refractivity contribution < 1.29 is 9.53 Å². The summed E-state index contributed by atoms with van der Waals surface area (Å²) in [6.07, 6.45) is 4.78. The molecule has 2 amide bonds. The van der Waals surface area contributed by atoms with E-state index in [0.717, 1.165) is 49.2 Å². The Labute approximate surface area is 175 Å². The van der Waals surface area contributed by atoms with Crippen LogP contribution in [0.1, 0.15) is 37.9 Å². The van der Waals surface area contributed by atoms with E-state index in [2.05, 4.69) is 20.8 Å². The highest BCUT2D eigenvalue weighted by Crippen LogP contribution is 2.41. The summed E-state index contributed by atoms with van der Waals surface area (Å²) in [5, 5.41) is 15.6. The Kier molecular flexibility index (Phi) is 5.65. The molecular weight excluding hydrogens is 380 g/mol. The zero-order chi connectivity index (χ0) is 21.0. The number of nitrogens with zero attached hydrogens (tertiary/aromatic N) is 5. The molecule has 30 heavy (non-hydrogen) atoms. The van der Waals surface area contributed by atoms with Gasteiger partial charge in [-0.3, -0.25) is 0 Å². The summed E-state index contributed by atoms with van der Waals surface area (Å²) >= 11 is 0. The third kappa shape index (κ3) is 3.72. The van der Waals surface area contributed by atoms with Crippen LogP contribution in [0.15, 0.2) is 54.6 Å². The van der Waals surface area contributed by atoms with Gasteiger partial charge < -0.3 is 15.0 Å². The minimum Gasteiger partial charge on any atom is -0.497 e. The van der Waals surface area contributed by atoms with Crippen LogP contribution in [0.2, 0.25) is 0 Å².